The van der Waals surface area contributed by atoms with Crippen molar-refractivity contribution in [1.29, 1.82) is 0 Å². The molecule has 2 nitrogen and oxygen atoms in total. The summed E-state index contributed by atoms with van der Waals surface area (Å²) in [5.74, 6) is 1.98. The van der Waals surface area contributed by atoms with Gasteiger partial charge in [0.15, 0.2) is 0 Å². The number of fused-ring (bicyclic) bond motifs is 2. The summed E-state index contributed by atoms with van der Waals surface area (Å²) in [7, 11) is 0. The minimum Gasteiger partial charge on any atom is -0.494 e. The number of hydrogen-bond acceptors (Lipinski definition) is 2. The SMILES string of the molecule is c1cc2cc3cc4ccc5cc(cc1c5c24)OCCCCCCCCCO3. The molecular formula is C25H26O2. The maximum absolute atomic E-state index is 6.09. The number of hydrogen-bond donors (Lipinski definition) is 0. The summed E-state index contributed by atoms with van der Waals surface area (Å²) in [6, 6.07) is 17.6. The Labute approximate surface area is 160 Å². The van der Waals surface area contributed by atoms with Crippen LogP contribution in [0.1, 0.15) is 44.9 Å². The van der Waals surface area contributed by atoms with Crippen LogP contribution in [0.5, 0.6) is 11.5 Å². The molecule has 8 bridgehead atoms. The molecule has 0 aromatic heterocycles. The second-order valence-corrected chi connectivity index (χ2v) is 7.79. The van der Waals surface area contributed by atoms with Crippen molar-refractivity contribution in [1.82, 2.24) is 0 Å². The predicted molar refractivity (Wildman–Crippen MR) is 113 cm³/mol. The maximum Gasteiger partial charge on any atom is 0.120 e. The smallest absolute Gasteiger partial charge is 0.120 e. The lowest BCUT2D eigenvalue weighted by Gasteiger charge is -2.15. The Morgan fingerprint density at radius 1 is 0.444 bits per heavy atom. The molecule has 0 fully saturated rings. The van der Waals surface area contributed by atoms with E-state index in [2.05, 4.69) is 48.5 Å². The van der Waals surface area contributed by atoms with E-state index in [1.165, 1.54) is 64.4 Å². The van der Waals surface area contributed by atoms with E-state index in [1.807, 2.05) is 0 Å². The Morgan fingerprint density at radius 2 is 0.778 bits per heavy atom. The van der Waals surface area contributed by atoms with Crippen molar-refractivity contribution < 1.29 is 9.47 Å². The van der Waals surface area contributed by atoms with E-state index < -0.39 is 0 Å². The van der Waals surface area contributed by atoms with Gasteiger partial charge in [-0.1, -0.05) is 56.4 Å². The van der Waals surface area contributed by atoms with Crippen molar-refractivity contribution in [2.24, 2.45) is 0 Å². The van der Waals surface area contributed by atoms with Gasteiger partial charge in [0, 0.05) is 0 Å². The van der Waals surface area contributed by atoms with Gasteiger partial charge in [-0.2, -0.15) is 0 Å². The third-order valence-corrected chi connectivity index (χ3v) is 5.81. The predicted octanol–water partition coefficient (Wildman–Crippen LogP) is 7.09. The Hall–Kier alpha value is -2.48. The second-order valence-electron chi connectivity index (χ2n) is 7.79. The van der Waals surface area contributed by atoms with Crippen molar-refractivity contribution in [2.75, 3.05) is 13.2 Å². The first-order valence-corrected chi connectivity index (χ1v) is 10.4. The van der Waals surface area contributed by atoms with Gasteiger partial charge >= 0.3 is 0 Å². The Balaban J connectivity index is 1.61. The highest BCUT2D eigenvalue weighted by atomic mass is 16.5. The van der Waals surface area contributed by atoms with Crippen LogP contribution in [0, 0.1) is 0 Å². The van der Waals surface area contributed by atoms with Crippen molar-refractivity contribution in [3.63, 3.8) is 0 Å². The highest BCUT2D eigenvalue weighted by Crippen LogP contribution is 2.38. The second kappa shape index (κ2) is 7.26. The number of rotatable bonds is 0. The van der Waals surface area contributed by atoms with Gasteiger partial charge in [0.1, 0.15) is 11.5 Å². The molecule has 3 aliphatic rings. The molecule has 2 heteroatoms. The lowest BCUT2D eigenvalue weighted by atomic mass is 9.94. The molecule has 0 atom stereocenters. The van der Waals surface area contributed by atoms with Gasteiger partial charge in [0.25, 0.3) is 0 Å². The number of benzene rings is 4. The van der Waals surface area contributed by atoms with E-state index in [4.69, 9.17) is 9.47 Å². The molecule has 4 aromatic carbocycles. The first kappa shape index (κ1) is 16.7. The molecule has 3 heterocycles. The summed E-state index contributed by atoms with van der Waals surface area (Å²) < 4.78 is 12.2. The summed E-state index contributed by atoms with van der Waals surface area (Å²) in [5.41, 5.74) is 0. The van der Waals surface area contributed by atoms with Gasteiger partial charge < -0.3 is 9.47 Å². The highest BCUT2D eigenvalue weighted by Gasteiger charge is 2.11. The van der Waals surface area contributed by atoms with Gasteiger partial charge in [-0.25, -0.2) is 0 Å². The van der Waals surface area contributed by atoms with Gasteiger partial charge in [0.05, 0.1) is 13.2 Å². The summed E-state index contributed by atoms with van der Waals surface area (Å²) >= 11 is 0. The Morgan fingerprint density at radius 3 is 1.15 bits per heavy atom. The molecule has 0 N–H and O–H groups in total. The van der Waals surface area contributed by atoms with E-state index in [-0.39, 0.29) is 0 Å². The first-order valence-electron chi connectivity index (χ1n) is 10.4. The number of ether oxygens (including phenoxy) is 2. The third kappa shape index (κ3) is 3.29. The van der Waals surface area contributed by atoms with Crippen molar-refractivity contribution in [2.45, 2.75) is 44.9 Å². The molecule has 3 aliphatic heterocycles. The fourth-order valence-electron chi connectivity index (χ4n) is 4.42. The molecule has 0 saturated carbocycles. The van der Waals surface area contributed by atoms with Crippen molar-refractivity contribution in [3.05, 3.63) is 48.5 Å². The van der Waals surface area contributed by atoms with Gasteiger partial charge in [-0.3, -0.25) is 0 Å². The minimum absolute atomic E-state index is 0.810. The molecule has 0 saturated heterocycles. The van der Waals surface area contributed by atoms with Gasteiger partial charge in [0.2, 0.25) is 0 Å². The van der Waals surface area contributed by atoms with E-state index in [9.17, 15) is 0 Å². The monoisotopic (exact) mass is 358 g/mol. The summed E-state index contributed by atoms with van der Waals surface area (Å²) in [5, 5.41) is 7.70. The zero-order chi connectivity index (χ0) is 18.1. The molecule has 4 aromatic rings. The molecular weight excluding hydrogens is 332 g/mol. The average Bonchev–Trinajstić information content (AvgIpc) is 2.69. The quantitative estimate of drug-likeness (QED) is 0.312. The van der Waals surface area contributed by atoms with E-state index in [1.54, 1.807) is 0 Å². The van der Waals surface area contributed by atoms with E-state index in [0.29, 0.717) is 0 Å². The summed E-state index contributed by atoms with van der Waals surface area (Å²) in [6.07, 6.45) is 8.71. The first-order chi connectivity index (χ1) is 13.4. The van der Waals surface area contributed by atoms with Crippen molar-refractivity contribution in [3.8, 4) is 11.5 Å². The van der Waals surface area contributed by atoms with Gasteiger partial charge in [-0.05, 0) is 69.4 Å². The summed E-state index contributed by atoms with van der Waals surface area (Å²) in [4.78, 5) is 0. The molecule has 0 aliphatic carbocycles. The van der Waals surface area contributed by atoms with Crippen LogP contribution >= 0.6 is 0 Å². The minimum atomic E-state index is 0.810. The van der Waals surface area contributed by atoms with Crippen LogP contribution in [0.25, 0.3) is 32.3 Å². The third-order valence-electron chi connectivity index (χ3n) is 5.81. The lowest BCUT2D eigenvalue weighted by molar-refractivity contribution is 0.300. The standard InChI is InChI=1S/C25H26O2/c1-2-4-6-12-26-22-14-18-8-10-20-16-23(27-13-7-5-3-1)17-21-11-9-19(15-22)24(18)25(20)21/h8-11,14-17H,1-7,12-13H2. The molecule has 0 radical (unpaired) electrons. The van der Waals surface area contributed by atoms with Gasteiger partial charge in [-0.15, -0.1) is 0 Å². The molecule has 27 heavy (non-hydrogen) atoms. The highest BCUT2D eigenvalue weighted by molar-refractivity contribution is 6.23. The van der Waals surface area contributed by atoms with Crippen LogP contribution < -0.4 is 9.47 Å². The van der Waals surface area contributed by atoms with Crippen LogP contribution in [0.2, 0.25) is 0 Å². The lowest BCUT2D eigenvalue weighted by Crippen LogP contribution is -1.97. The molecule has 0 amide bonds. The zero-order valence-electron chi connectivity index (χ0n) is 15.8. The van der Waals surface area contributed by atoms with Crippen LogP contribution in [-0.4, -0.2) is 13.2 Å². The van der Waals surface area contributed by atoms with Crippen LogP contribution in [0.15, 0.2) is 48.5 Å². The molecule has 138 valence electrons. The van der Waals surface area contributed by atoms with E-state index >= 15 is 0 Å². The normalized spacial score (nSPS) is 16.9. The zero-order valence-corrected chi connectivity index (χ0v) is 15.8. The molecule has 0 unspecified atom stereocenters. The Kier molecular flexibility index (Phi) is 4.49. The van der Waals surface area contributed by atoms with Crippen molar-refractivity contribution >= 4 is 32.3 Å². The van der Waals surface area contributed by atoms with E-state index in [0.717, 1.165) is 37.6 Å². The maximum atomic E-state index is 6.09. The molecule has 7 rings (SSSR count). The summed E-state index contributed by atoms with van der Waals surface area (Å²) in [6.45, 7) is 1.62. The van der Waals surface area contributed by atoms with Crippen LogP contribution in [0.4, 0.5) is 0 Å². The Bertz CT molecular complexity index is 914. The van der Waals surface area contributed by atoms with Crippen LogP contribution in [0.3, 0.4) is 0 Å². The topological polar surface area (TPSA) is 18.5 Å². The fraction of sp³-hybridized carbons (Fsp3) is 0.360. The molecule has 0 spiro atoms. The average molecular weight is 358 g/mol. The fourth-order valence-corrected chi connectivity index (χ4v) is 4.42. The largest absolute Gasteiger partial charge is 0.494 e. The van der Waals surface area contributed by atoms with Crippen LogP contribution in [-0.2, 0) is 0 Å².